The number of aromatic nitrogens is 1. The third kappa shape index (κ3) is 4.32. The van der Waals surface area contributed by atoms with Crippen molar-refractivity contribution in [3.05, 3.63) is 78.0 Å². The Labute approximate surface area is 170 Å². The highest BCUT2D eigenvalue weighted by atomic mass is 16.5. The second kappa shape index (κ2) is 8.65. The quantitative estimate of drug-likeness (QED) is 0.626. The number of carbonyl (C=O) groups excluding carboxylic acids is 1. The van der Waals surface area contributed by atoms with Gasteiger partial charge in [-0.05, 0) is 54.4 Å². The van der Waals surface area contributed by atoms with Gasteiger partial charge in [-0.15, -0.1) is 0 Å². The van der Waals surface area contributed by atoms with Crippen molar-refractivity contribution in [2.75, 3.05) is 31.7 Å². The van der Waals surface area contributed by atoms with E-state index in [2.05, 4.69) is 27.3 Å². The first-order valence-electron chi connectivity index (χ1n) is 9.61. The Morgan fingerprint density at radius 2 is 1.90 bits per heavy atom. The fraction of sp³-hybridized carbons (Fsp3) is 0.217. The molecule has 6 nitrogen and oxygen atoms in total. The Kier molecular flexibility index (Phi) is 5.61. The van der Waals surface area contributed by atoms with Crippen LogP contribution in [-0.4, -0.2) is 37.7 Å². The molecule has 1 aromatic heterocycles. The van der Waals surface area contributed by atoms with E-state index in [9.17, 15) is 4.79 Å². The Bertz CT molecular complexity index is 989. The number of benzene rings is 2. The first-order valence-corrected chi connectivity index (χ1v) is 9.61. The van der Waals surface area contributed by atoms with Crippen molar-refractivity contribution in [2.24, 2.45) is 0 Å². The molecule has 0 spiro atoms. The summed E-state index contributed by atoms with van der Waals surface area (Å²) in [4.78, 5) is 19.1. The molecule has 29 heavy (non-hydrogen) atoms. The van der Waals surface area contributed by atoms with Gasteiger partial charge in [-0.3, -0.25) is 4.79 Å². The highest BCUT2D eigenvalue weighted by Gasteiger charge is 2.21. The van der Waals surface area contributed by atoms with Gasteiger partial charge in [0.15, 0.2) is 0 Å². The lowest BCUT2D eigenvalue weighted by molar-refractivity contribution is 0.0947. The van der Waals surface area contributed by atoms with Crippen molar-refractivity contribution in [1.29, 1.82) is 0 Å². The van der Waals surface area contributed by atoms with Crippen LogP contribution >= 0.6 is 0 Å². The summed E-state index contributed by atoms with van der Waals surface area (Å²) in [7, 11) is 1.62. The molecule has 4 rings (SSSR count). The van der Waals surface area contributed by atoms with Gasteiger partial charge in [-0.1, -0.05) is 18.2 Å². The van der Waals surface area contributed by atoms with Gasteiger partial charge in [0.2, 0.25) is 0 Å². The Morgan fingerprint density at radius 3 is 2.72 bits per heavy atom. The number of pyridine rings is 1. The lowest BCUT2D eigenvalue weighted by Gasteiger charge is -2.18. The Morgan fingerprint density at radius 1 is 1.10 bits per heavy atom. The molecule has 3 aromatic rings. The number of hydrogen-bond donors (Lipinski definition) is 1. The zero-order chi connectivity index (χ0) is 20.1. The molecular weight excluding hydrogens is 366 g/mol. The van der Waals surface area contributed by atoms with Crippen LogP contribution in [0.3, 0.4) is 0 Å². The normalized spacial score (nSPS) is 12.4. The molecule has 0 atom stereocenters. The number of para-hydroxylation sites is 1. The molecule has 0 saturated heterocycles. The van der Waals surface area contributed by atoms with Gasteiger partial charge in [0.1, 0.15) is 23.9 Å². The van der Waals surface area contributed by atoms with Crippen LogP contribution in [0, 0.1) is 0 Å². The van der Waals surface area contributed by atoms with Crippen LogP contribution in [0.25, 0.3) is 0 Å². The summed E-state index contributed by atoms with van der Waals surface area (Å²) in [6, 6.07) is 19.2. The molecule has 0 radical (unpaired) electrons. The number of anilines is 2. The lowest BCUT2D eigenvalue weighted by atomic mass is 10.2. The van der Waals surface area contributed by atoms with Crippen LogP contribution < -0.4 is 19.7 Å². The minimum absolute atomic E-state index is 0.139. The van der Waals surface area contributed by atoms with Crippen LogP contribution in [-0.2, 0) is 6.42 Å². The van der Waals surface area contributed by atoms with E-state index in [4.69, 9.17) is 9.47 Å². The zero-order valence-electron chi connectivity index (χ0n) is 16.3. The van der Waals surface area contributed by atoms with E-state index in [1.807, 2.05) is 42.5 Å². The molecule has 0 bridgehead atoms. The van der Waals surface area contributed by atoms with E-state index in [-0.39, 0.29) is 5.91 Å². The number of hydrogen-bond acceptors (Lipinski definition) is 5. The fourth-order valence-electron chi connectivity index (χ4n) is 3.39. The van der Waals surface area contributed by atoms with E-state index in [0.717, 1.165) is 36.0 Å². The van der Waals surface area contributed by atoms with Gasteiger partial charge in [0, 0.05) is 24.0 Å². The predicted octanol–water partition coefficient (Wildman–Crippen LogP) is 3.59. The molecule has 2 heterocycles. The average molecular weight is 389 g/mol. The molecule has 0 unspecified atom stereocenters. The molecule has 1 aliphatic heterocycles. The number of rotatable bonds is 7. The van der Waals surface area contributed by atoms with Crippen LogP contribution in [0.4, 0.5) is 11.5 Å². The first-order chi connectivity index (χ1) is 14.2. The minimum Gasteiger partial charge on any atom is -0.497 e. The van der Waals surface area contributed by atoms with Crippen LogP contribution in [0.1, 0.15) is 15.9 Å². The van der Waals surface area contributed by atoms with E-state index >= 15 is 0 Å². The summed E-state index contributed by atoms with van der Waals surface area (Å²) in [5.41, 5.74) is 3.05. The van der Waals surface area contributed by atoms with Crippen molar-refractivity contribution in [3.63, 3.8) is 0 Å². The van der Waals surface area contributed by atoms with Crippen LogP contribution in [0.5, 0.6) is 11.5 Å². The number of nitrogens with one attached hydrogen (secondary N) is 1. The maximum atomic E-state index is 12.5. The smallest absolute Gasteiger partial charge is 0.251 e. The number of carbonyl (C=O) groups is 1. The van der Waals surface area contributed by atoms with Gasteiger partial charge < -0.3 is 19.7 Å². The number of fused-ring (bicyclic) bond motifs is 1. The highest BCUT2D eigenvalue weighted by Crippen LogP contribution is 2.33. The van der Waals surface area contributed by atoms with E-state index in [1.54, 1.807) is 19.4 Å². The molecule has 1 N–H and O–H groups in total. The van der Waals surface area contributed by atoms with Crippen molar-refractivity contribution in [1.82, 2.24) is 10.3 Å². The Balaban J connectivity index is 1.33. The second-order valence-electron chi connectivity index (χ2n) is 6.71. The van der Waals surface area contributed by atoms with Crippen molar-refractivity contribution in [3.8, 4) is 11.5 Å². The van der Waals surface area contributed by atoms with E-state index in [0.29, 0.717) is 18.7 Å². The molecule has 1 amide bonds. The molecule has 1 aliphatic rings. The number of ether oxygens (including phenoxy) is 2. The lowest BCUT2D eigenvalue weighted by Crippen LogP contribution is -2.28. The summed E-state index contributed by atoms with van der Waals surface area (Å²) in [5, 5.41) is 2.89. The second-order valence-corrected chi connectivity index (χ2v) is 6.71. The first kappa shape index (κ1) is 18.8. The van der Waals surface area contributed by atoms with Crippen molar-refractivity contribution in [2.45, 2.75) is 6.42 Å². The van der Waals surface area contributed by atoms with Gasteiger partial charge in [0.05, 0.1) is 13.7 Å². The van der Waals surface area contributed by atoms with E-state index < -0.39 is 0 Å². The summed E-state index contributed by atoms with van der Waals surface area (Å²) >= 11 is 0. The largest absolute Gasteiger partial charge is 0.497 e. The van der Waals surface area contributed by atoms with Crippen molar-refractivity contribution >= 4 is 17.4 Å². The summed E-state index contributed by atoms with van der Waals surface area (Å²) in [5.74, 6) is 2.16. The van der Waals surface area contributed by atoms with Gasteiger partial charge in [0.25, 0.3) is 5.91 Å². The molecule has 0 fully saturated rings. The van der Waals surface area contributed by atoms with Gasteiger partial charge in [-0.2, -0.15) is 0 Å². The van der Waals surface area contributed by atoms with Gasteiger partial charge >= 0.3 is 0 Å². The zero-order valence-corrected chi connectivity index (χ0v) is 16.3. The molecule has 6 heteroatoms. The molecule has 0 aliphatic carbocycles. The standard InChI is InChI=1S/C23H23N3O3/c1-28-19-6-8-20(9-7-19)29-15-13-25-23(27)18-10-12-24-22(16-18)26-14-11-17-4-2-3-5-21(17)26/h2-10,12,16H,11,13-15H2,1H3,(H,25,27). The summed E-state index contributed by atoms with van der Waals surface area (Å²) in [6.07, 6.45) is 2.66. The SMILES string of the molecule is COc1ccc(OCCNC(=O)c2ccnc(N3CCc4ccccc43)c2)cc1. The monoisotopic (exact) mass is 389 g/mol. The number of amides is 1. The molecular formula is C23H23N3O3. The maximum absolute atomic E-state index is 12.5. The van der Waals surface area contributed by atoms with Crippen LogP contribution in [0.2, 0.25) is 0 Å². The number of nitrogens with zero attached hydrogens (tertiary/aromatic N) is 2. The average Bonchev–Trinajstić information content (AvgIpc) is 3.21. The Hall–Kier alpha value is -3.54. The van der Waals surface area contributed by atoms with Crippen LogP contribution in [0.15, 0.2) is 66.9 Å². The summed E-state index contributed by atoms with van der Waals surface area (Å²) < 4.78 is 10.8. The maximum Gasteiger partial charge on any atom is 0.251 e. The van der Waals surface area contributed by atoms with Crippen molar-refractivity contribution < 1.29 is 14.3 Å². The molecule has 0 saturated carbocycles. The third-order valence-corrected chi connectivity index (χ3v) is 4.89. The van der Waals surface area contributed by atoms with E-state index in [1.165, 1.54) is 5.56 Å². The summed E-state index contributed by atoms with van der Waals surface area (Å²) in [6.45, 7) is 1.66. The minimum atomic E-state index is -0.139. The topological polar surface area (TPSA) is 63.7 Å². The third-order valence-electron chi connectivity index (χ3n) is 4.89. The predicted molar refractivity (Wildman–Crippen MR) is 112 cm³/mol. The number of methoxy groups -OCH3 is 1. The molecule has 148 valence electrons. The molecule has 2 aromatic carbocycles. The van der Waals surface area contributed by atoms with Gasteiger partial charge in [-0.25, -0.2) is 4.98 Å². The highest BCUT2D eigenvalue weighted by molar-refractivity contribution is 5.95. The fourth-order valence-corrected chi connectivity index (χ4v) is 3.39.